The lowest BCUT2D eigenvalue weighted by Crippen LogP contribution is -2.41. The molecule has 1 aliphatic heterocycles. The average Bonchev–Trinajstić information content (AvgIpc) is 2.48. The van der Waals surface area contributed by atoms with Crippen molar-refractivity contribution in [2.75, 3.05) is 13.1 Å². The van der Waals surface area contributed by atoms with Crippen molar-refractivity contribution in [3.05, 3.63) is 35.9 Å². The van der Waals surface area contributed by atoms with Gasteiger partial charge in [-0.05, 0) is 37.8 Å². The minimum Gasteiger partial charge on any atom is -0.393 e. The van der Waals surface area contributed by atoms with Gasteiger partial charge in [-0.3, -0.25) is 0 Å². The highest BCUT2D eigenvalue weighted by atomic mass is 16.6. The zero-order chi connectivity index (χ0) is 14.5. The quantitative estimate of drug-likeness (QED) is 0.663. The molecule has 0 aromatic heterocycles. The van der Waals surface area contributed by atoms with Crippen LogP contribution in [-0.4, -0.2) is 41.3 Å². The lowest BCUT2D eigenvalue weighted by Gasteiger charge is -2.32. The number of aliphatic hydroxyl groups excluding tert-OH is 1. The first kappa shape index (κ1) is 14.5. The lowest BCUT2D eigenvalue weighted by atomic mass is 9.92. The van der Waals surface area contributed by atoms with Crippen molar-refractivity contribution in [2.45, 2.75) is 25.9 Å². The van der Waals surface area contributed by atoms with Crippen molar-refractivity contribution in [2.24, 2.45) is 5.92 Å². The van der Waals surface area contributed by atoms with E-state index in [-0.39, 0.29) is 12.0 Å². The number of esters is 1. The molecule has 1 atom stereocenters. The van der Waals surface area contributed by atoms with Crippen LogP contribution in [0.15, 0.2) is 30.3 Å². The smallest absolute Gasteiger partial charge is 0.393 e. The molecule has 1 fully saturated rings. The third-order valence-corrected chi connectivity index (χ3v) is 3.67. The summed E-state index contributed by atoms with van der Waals surface area (Å²) in [5, 5.41) is 9.51. The van der Waals surface area contributed by atoms with Gasteiger partial charge in [0.05, 0.1) is 11.7 Å². The number of nitrogens with zero attached hydrogens (tertiary/aromatic N) is 1. The van der Waals surface area contributed by atoms with Crippen LogP contribution in [0.2, 0.25) is 0 Å². The fraction of sp³-hybridized carbons (Fsp3) is 0.467. The van der Waals surface area contributed by atoms with E-state index in [2.05, 4.69) is 0 Å². The molecule has 20 heavy (non-hydrogen) atoms. The molecule has 1 N–H and O–H groups in total. The molecule has 2 rings (SSSR count). The second kappa shape index (κ2) is 6.52. The molecule has 0 saturated carbocycles. The Morgan fingerprint density at radius 3 is 2.40 bits per heavy atom. The maximum atomic E-state index is 11.9. The number of hydrogen-bond acceptors (Lipinski definition) is 4. The molecule has 5 heteroatoms. The first-order valence-electron chi connectivity index (χ1n) is 6.82. The summed E-state index contributed by atoms with van der Waals surface area (Å²) < 4.78 is 4.86. The van der Waals surface area contributed by atoms with Gasteiger partial charge in [-0.25, -0.2) is 9.59 Å². The SMILES string of the molecule is CC(O)C1CCN(C(=O)OC(=O)c2ccccc2)CC1. The van der Waals surface area contributed by atoms with Crippen LogP contribution >= 0.6 is 0 Å². The van der Waals surface area contributed by atoms with Gasteiger partial charge in [0.25, 0.3) is 0 Å². The monoisotopic (exact) mass is 277 g/mol. The Morgan fingerprint density at radius 1 is 1.25 bits per heavy atom. The van der Waals surface area contributed by atoms with Crippen molar-refractivity contribution in [3.63, 3.8) is 0 Å². The second-order valence-electron chi connectivity index (χ2n) is 5.09. The summed E-state index contributed by atoms with van der Waals surface area (Å²) >= 11 is 0. The predicted octanol–water partition coefficient (Wildman–Crippen LogP) is 2.06. The zero-order valence-electron chi connectivity index (χ0n) is 11.5. The number of piperidine rings is 1. The third-order valence-electron chi connectivity index (χ3n) is 3.67. The number of rotatable bonds is 2. The van der Waals surface area contributed by atoms with E-state index in [9.17, 15) is 14.7 Å². The van der Waals surface area contributed by atoms with Crippen molar-refractivity contribution >= 4 is 12.1 Å². The zero-order valence-corrected chi connectivity index (χ0v) is 11.5. The molecule has 5 nitrogen and oxygen atoms in total. The maximum Gasteiger partial charge on any atom is 0.417 e. The molecule has 1 saturated heterocycles. The molecule has 1 aliphatic rings. The molecule has 1 amide bonds. The highest BCUT2D eigenvalue weighted by molar-refractivity contribution is 5.96. The minimum absolute atomic E-state index is 0.212. The third kappa shape index (κ3) is 3.57. The van der Waals surface area contributed by atoms with E-state index in [1.165, 1.54) is 4.90 Å². The fourth-order valence-corrected chi connectivity index (χ4v) is 2.34. The average molecular weight is 277 g/mol. The standard InChI is InChI=1S/C15H19NO4/c1-11(17)12-7-9-16(10-8-12)15(19)20-14(18)13-5-3-2-4-6-13/h2-6,11-12,17H,7-10H2,1H3. The molecule has 0 radical (unpaired) electrons. The molecule has 0 bridgehead atoms. The summed E-state index contributed by atoms with van der Waals surface area (Å²) in [6.45, 7) is 2.78. The molecule has 0 spiro atoms. The maximum absolute atomic E-state index is 11.9. The van der Waals surface area contributed by atoms with Gasteiger partial charge in [-0.2, -0.15) is 0 Å². The Morgan fingerprint density at radius 2 is 1.85 bits per heavy atom. The number of amides is 1. The number of benzene rings is 1. The Balaban J connectivity index is 1.86. The summed E-state index contributed by atoms with van der Waals surface area (Å²) in [4.78, 5) is 25.2. The van der Waals surface area contributed by atoms with Crippen LogP contribution in [0.5, 0.6) is 0 Å². The molecule has 1 aromatic carbocycles. The summed E-state index contributed by atoms with van der Waals surface area (Å²) in [5.41, 5.74) is 0.361. The van der Waals surface area contributed by atoms with Gasteiger partial charge < -0.3 is 14.7 Å². The Bertz CT molecular complexity index is 464. The summed E-state index contributed by atoms with van der Waals surface area (Å²) in [7, 11) is 0. The molecule has 1 unspecified atom stereocenters. The Hall–Kier alpha value is -1.88. The van der Waals surface area contributed by atoms with Crippen LogP contribution in [0.25, 0.3) is 0 Å². The fourth-order valence-electron chi connectivity index (χ4n) is 2.34. The van der Waals surface area contributed by atoms with Crippen molar-refractivity contribution in [3.8, 4) is 0 Å². The van der Waals surface area contributed by atoms with Crippen LogP contribution in [0.4, 0.5) is 4.79 Å². The highest BCUT2D eigenvalue weighted by Crippen LogP contribution is 2.21. The van der Waals surface area contributed by atoms with E-state index in [0.717, 1.165) is 12.8 Å². The molecule has 1 heterocycles. The van der Waals surface area contributed by atoms with Crippen LogP contribution in [0.1, 0.15) is 30.1 Å². The van der Waals surface area contributed by atoms with Gasteiger partial charge in [-0.15, -0.1) is 0 Å². The largest absolute Gasteiger partial charge is 0.417 e. The lowest BCUT2D eigenvalue weighted by molar-refractivity contribution is 0.0426. The van der Waals surface area contributed by atoms with Crippen LogP contribution in [-0.2, 0) is 4.74 Å². The van der Waals surface area contributed by atoms with E-state index < -0.39 is 12.1 Å². The summed E-state index contributed by atoms with van der Waals surface area (Å²) in [6, 6.07) is 8.44. The van der Waals surface area contributed by atoms with Crippen molar-refractivity contribution in [1.29, 1.82) is 0 Å². The van der Waals surface area contributed by atoms with Gasteiger partial charge >= 0.3 is 12.1 Å². The molecule has 1 aromatic rings. The van der Waals surface area contributed by atoms with Crippen LogP contribution < -0.4 is 0 Å². The first-order chi connectivity index (χ1) is 9.58. The second-order valence-corrected chi connectivity index (χ2v) is 5.09. The summed E-state index contributed by atoms with van der Waals surface area (Å²) in [5.74, 6) is -0.419. The van der Waals surface area contributed by atoms with Crippen LogP contribution in [0, 0.1) is 5.92 Å². The van der Waals surface area contributed by atoms with E-state index in [1.807, 2.05) is 0 Å². The molecular weight excluding hydrogens is 258 g/mol. The van der Waals surface area contributed by atoms with Crippen molar-refractivity contribution in [1.82, 2.24) is 4.90 Å². The number of ether oxygens (including phenoxy) is 1. The van der Waals surface area contributed by atoms with Gasteiger partial charge in [0.15, 0.2) is 0 Å². The number of aliphatic hydroxyl groups is 1. The Labute approximate surface area is 118 Å². The predicted molar refractivity (Wildman–Crippen MR) is 73.2 cm³/mol. The van der Waals surface area contributed by atoms with Gasteiger partial charge in [-0.1, -0.05) is 18.2 Å². The molecule has 108 valence electrons. The van der Waals surface area contributed by atoms with Gasteiger partial charge in [0.2, 0.25) is 0 Å². The van der Waals surface area contributed by atoms with E-state index >= 15 is 0 Å². The molecule has 0 aliphatic carbocycles. The first-order valence-corrected chi connectivity index (χ1v) is 6.82. The van der Waals surface area contributed by atoms with Gasteiger partial charge in [0, 0.05) is 13.1 Å². The van der Waals surface area contributed by atoms with Crippen LogP contribution in [0.3, 0.4) is 0 Å². The minimum atomic E-state index is -0.631. The normalized spacial score (nSPS) is 17.6. The van der Waals surface area contributed by atoms with Crippen molar-refractivity contribution < 1.29 is 19.4 Å². The number of carbonyl (C=O) groups excluding carboxylic acids is 2. The number of carbonyl (C=O) groups is 2. The number of likely N-dealkylation sites (tertiary alicyclic amines) is 1. The van der Waals surface area contributed by atoms with E-state index in [4.69, 9.17) is 4.74 Å². The number of hydrogen-bond donors (Lipinski definition) is 1. The highest BCUT2D eigenvalue weighted by Gasteiger charge is 2.27. The van der Waals surface area contributed by atoms with E-state index in [1.54, 1.807) is 37.3 Å². The summed E-state index contributed by atoms with van der Waals surface area (Å²) in [6.07, 6.45) is 0.487. The van der Waals surface area contributed by atoms with E-state index in [0.29, 0.717) is 18.7 Å². The van der Waals surface area contributed by atoms with Gasteiger partial charge in [0.1, 0.15) is 0 Å². The Kier molecular flexibility index (Phi) is 4.74. The molecular formula is C15H19NO4. The topological polar surface area (TPSA) is 66.8 Å².